The molecule has 114 valence electrons. The molecule has 2 N–H and O–H groups in total. The molecule has 3 rings (SSSR count). The van der Waals surface area contributed by atoms with Gasteiger partial charge in [0.15, 0.2) is 0 Å². The molecule has 5 heteroatoms. The zero-order chi connectivity index (χ0) is 14.8. The Morgan fingerprint density at radius 1 is 1.29 bits per heavy atom. The molecule has 1 aromatic rings. The van der Waals surface area contributed by atoms with Gasteiger partial charge in [0.1, 0.15) is 11.6 Å². The van der Waals surface area contributed by atoms with Crippen molar-refractivity contribution in [2.45, 2.75) is 50.7 Å². The Morgan fingerprint density at radius 2 is 2.10 bits per heavy atom. The normalized spacial score (nSPS) is 28.2. The summed E-state index contributed by atoms with van der Waals surface area (Å²) >= 11 is 0. The second kappa shape index (κ2) is 6.10. The second-order valence-electron chi connectivity index (χ2n) is 6.06. The molecule has 2 aliphatic rings. The number of amides is 1. The van der Waals surface area contributed by atoms with Crippen LogP contribution in [0.15, 0.2) is 18.2 Å². The minimum Gasteiger partial charge on any atom is -0.351 e. The van der Waals surface area contributed by atoms with Crippen molar-refractivity contribution in [1.82, 2.24) is 10.6 Å². The molecule has 1 aliphatic carbocycles. The fraction of sp³-hybridized carbons (Fsp3) is 0.562. The van der Waals surface area contributed by atoms with E-state index in [1.165, 1.54) is 31.4 Å². The van der Waals surface area contributed by atoms with E-state index in [1.54, 1.807) is 0 Å². The lowest BCUT2D eigenvalue weighted by Crippen LogP contribution is -2.43. The lowest BCUT2D eigenvalue weighted by Gasteiger charge is -2.24. The van der Waals surface area contributed by atoms with Crippen molar-refractivity contribution in [3.8, 4) is 0 Å². The number of halogens is 2. The first-order chi connectivity index (χ1) is 10.1. The number of fused-ring (bicyclic) bond motifs is 1. The van der Waals surface area contributed by atoms with Crippen molar-refractivity contribution < 1.29 is 13.6 Å². The topological polar surface area (TPSA) is 41.1 Å². The van der Waals surface area contributed by atoms with Gasteiger partial charge in [-0.15, -0.1) is 0 Å². The molecule has 1 aliphatic heterocycles. The SMILES string of the molecule is O=C(NCc1ccc(F)cc1F)C1CC2CCCCC2N1. The largest absolute Gasteiger partial charge is 0.351 e. The van der Waals surface area contributed by atoms with Gasteiger partial charge in [0, 0.05) is 24.2 Å². The average molecular weight is 294 g/mol. The predicted octanol–water partition coefficient (Wildman–Crippen LogP) is 2.50. The van der Waals surface area contributed by atoms with Gasteiger partial charge in [-0.05, 0) is 31.2 Å². The second-order valence-corrected chi connectivity index (χ2v) is 6.06. The number of hydrogen-bond acceptors (Lipinski definition) is 2. The lowest BCUT2D eigenvalue weighted by molar-refractivity contribution is -0.123. The number of nitrogens with one attached hydrogen (secondary N) is 2. The molecule has 1 heterocycles. The van der Waals surface area contributed by atoms with Crippen LogP contribution in [0.1, 0.15) is 37.7 Å². The van der Waals surface area contributed by atoms with Crippen LogP contribution in [0.25, 0.3) is 0 Å². The van der Waals surface area contributed by atoms with Crippen molar-refractivity contribution in [3.05, 3.63) is 35.4 Å². The fourth-order valence-electron chi connectivity index (χ4n) is 3.49. The maximum absolute atomic E-state index is 13.5. The predicted molar refractivity (Wildman–Crippen MR) is 75.5 cm³/mol. The maximum Gasteiger partial charge on any atom is 0.237 e. The minimum atomic E-state index is -0.622. The van der Waals surface area contributed by atoms with Crippen LogP contribution in [0, 0.1) is 17.6 Å². The van der Waals surface area contributed by atoms with E-state index in [2.05, 4.69) is 10.6 Å². The van der Waals surface area contributed by atoms with Crippen LogP contribution in [0.5, 0.6) is 0 Å². The van der Waals surface area contributed by atoms with Crippen LogP contribution in [-0.4, -0.2) is 18.0 Å². The van der Waals surface area contributed by atoms with Crippen LogP contribution in [0.3, 0.4) is 0 Å². The summed E-state index contributed by atoms with van der Waals surface area (Å²) < 4.78 is 26.3. The van der Waals surface area contributed by atoms with Gasteiger partial charge >= 0.3 is 0 Å². The zero-order valence-corrected chi connectivity index (χ0v) is 11.9. The highest BCUT2D eigenvalue weighted by molar-refractivity contribution is 5.82. The van der Waals surface area contributed by atoms with Crippen LogP contribution < -0.4 is 10.6 Å². The van der Waals surface area contributed by atoms with Crippen molar-refractivity contribution >= 4 is 5.91 Å². The molecule has 21 heavy (non-hydrogen) atoms. The molecule has 0 radical (unpaired) electrons. The summed E-state index contributed by atoms with van der Waals surface area (Å²) in [6, 6.07) is 3.68. The molecule has 3 unspecified atom stereocenters. The highest BCUT2D eigenvalue weighted by Crippen LogP contribution is 2.33. The van der Waals surface area contributed by atoms with Gasteiger partial charge in [-0.2, -0.15) is 0 Å². The van der Waals surface area contributed by atoms with E-state index in [0.29, 0.717) is 17.5 Å². The third-order valence-corrected chi connectivity index (χ3v) is 4.65. The molecule has 1 saturated carbocycles. The molecule has 0 bridgehead atoms. The molecule has 1 aromatic carbocycles. The van der Waals surface area contributed by atoms with Gasteiger partial charge in [0.2, 0.25) is 5.91 Å². The summed E-state index contributed by atoms with van der Waals surface area (Å²) in [5.74, 6) is -0.724. The Hall–Kier alpha value is -1.49. The Morgan fingerprint density at radius 3 is 2.86 bits per heavy atom. The maximum atomic E-state index is 13.5. The van der Waals surface area contributed by atoms with Crippen molar-refractivity contribution in [3.63, 3.8) is 0 Å². The van der Waals surface area contributed by atoms with Gasteiger partial charge in [0.25, 0.3) is 0 Å². The molecular formula is C16H20F2N2O. The number of carbonyl (C=O) groups is 1. The summed E-state index contributed by atoms with van der Waals surface area (Å²) in [7, 11) is 0. The Kier molecular flexibility index (Phi) is 4.19. The molecule has 0 spiro atoms. The van der Waals surface area contributed by atoms with Gasteiger partial charge < -0.3 is 10.6 Å². The molecule has 1 saturated heterocycles. The fourth-order valence-corrected chi connectivity index (χ4v) is 3.49. The van der Waals surface area contributed by atoms with Crippen molar-refractivity contribution in [2.75, 3.05) is 0 Å². The van der Waals surface area contributed by atoms with Crippen molar-refractivity contribution in [2.24, 2.45) is 5.92 Å². The lowest BCUT2D eigenvalue weighted by atomic mass is 9.85. The number of rotatable bonds is 3. The summed E-state index contributed by atoms with van der Waals surface area (Å²) in [5.41, 5.74) is 0.306. The zero-order valence-electron chi connectivity index (χ0n) is 11.9. The number of carbonyl (C=O) groups excluding carboxylic acids is 1. The molecule has 0 aromatic heterocycles. The third-order valence-electron chi connectivity index (χ3n) is 4.65. The van der Waals surface area contributed by atoms with Crippen LogP contribution in [0.2, 0.25) is 0 Å². The summed E-state index contributed by atoms with van der Waals surface area (Å²) in [6.07, 6.45) is 5.67. The first-order valence-electron chi connectivity index (χ1n) is 7.61. The standard InChI is InChI=1S/C16H20F2N2O/c17-12-6-5-11(13(18)8-12)9-19-16(21)15-7-10-3-1-2-4-14(10)20-15/h5-6,8,10,14-15,20H,1-4,7,9H2,(H,19,21). The Bertz CT molecular complexity index is 521. The molecule has 2 fully saturated rings. The van der Waals surface area contributed by atoms with Gasteiger partial charge in [0.05, 0.1) is 6.04 Å². The van der Waals surface area contributed by atoms with Gasteiger partial charge in [-0.3, -0.25) is 4.79 Å². The van der Waals surface area contributed by atoms with Crippen LogP contribution in [0.4, 0.5) is 8.78 Å². The molecule has 1 amide bonds. The summed E-state index contributed by atoms with van der Waals surface area (Å²) in [6.45, 7) is 0.0957. The summed E-state index contributed by atoms with van der Waals surface area (Å²) in [4.78, 5) is 12.2. The van der Waals surface area contributed by atoms with Crippen molar-refractivity contribution in [1.29, 1.82) is 0 Å². The first kappa shape index (κ1) is 14.4. The van der Waals surface area contributed by atoms with E-state index in [1.807, 2.05) is 0 Å². The number of benzene rings is 1. The molecule has 3 nitrogen and oxygen atoms in total. The average Bonchev–Trinajstić information content (AvgIpc) is 2.90. The molecular weight excluding hydrogens is 274 g/mol. The van der Waals surface area contributed by atoms with Gasteiger partial charge in [-0.25, -0.2) is 8.78 Å². The van der Waals surface area contributed by atoms with E-state index in [4.69, 9.17) is 0 Å². The minimum absolute atomic E-state index is 0.0897. The van der Waals surface area contributed by atoms with E-state index >= 15 is 0 Å². The highest BCUT2D eigenvalue weighted by atomic mass is 19.1. The quantitative estimate of drug-likeness (QED) is 0.899. The van der Waals surface area contributed by atoms with E-state index in [9.17, 15) is 13.6 Å². The van der Waals surface area contributed by atoms with Crippen LogP contribution >= 0.6 is 0 Å². The highest BCUT2D eigenvalue weighted by Gasteiger charge is 2.37. The number of hydrogen-bond donors (Lipinski definition) is 2. The monoisotopic (exact) mass is 294 g/mol. The Balaban J connectivity index is 1.55. The van der Waals surface area contributed by atoms with Gasteiger partial charge in [-0.1, -0.05) is 18.9 Å². The molecule has 3 atom stereocenters. The first-order valence-corrected chi connectivity index (χ1v) is 7.61. The smallest absolute Gasteiger partial charge is 0.237 e. The Labute approximate surface area is 123 Å². The van der Waals surface area contributed by atoms with E-state index in [0.717, 1.165) is 18.9 Å². The third kappa shape index (κ3) is 3.23. The van der Waals surface area contributed by atoms with E-state index in [-0.39, 0.29) is 18.5 Å². The van der Waals surface area contributed by atoms with E-state index < -0.39 is 11.6 Å². The summed E-state index contributed by atoms with van der Waals surface area (Å²) in [5, 5.41) is 6.13. The van der Waals surface area contributed by atoms with Crippen LogP contribution in [-0.2, 0) is 11.3 Å².